The van der Waals surface area contributed by atoms with Gasteiger partial charge in [-0.1, -0.05) is 12.1 Å². The van der Waals surface area contributed by atoms with E-state index >= 15 is 0 Å². The summed E-state index contributed by atoms with van der Waals surface area (Å²) < 4.78 is 10.4. The molecule has 1 unspecified atom stereocenters. The monoisotopic (exact) mass is 283 g/mol. The Balaban J connectivity index is 2.64. The minimum Gasteiger partial charge on any atom is -0.355 e. The van der Waals surface area contributed by atoms with Gasteiger partial charge in [0, 0.05) is 31.2 Å². The van der Waals surface area contributed by atoms with E-state index in [1.54, 1.807) is 14.2 Å². The third-order valence-corrected chi connectivity index (χ3v) is 3.73. The first kappa shape index (κ1) is 16.0. The molecule has 0 aliphatic heterocycles. The molecule has 19 heavy (non-hydrogen) atoms. The average Bonchev–Trinajstić information content (AvgIpc) is 2.42. The summed E-state index contributed by atoms with van der Waals surface area (Å²) in [5.74, 6) is 0.0586. The van der Waals surface area contributed by atoms with Gasteiger partial charge in [0.2, 0.25) is 5.91 Å². The zero-order valence-corrected chi connectivity index (χ0v) is 12.6. The number of amides is 1. The van der Waals surface area contributed by atoms with Crippen molar-refractivity contribution in [3.05, 3.63) is 29.8 Å². The molecular formula is C14H21NO3S. The van der Waals surface area contributed by atoms with Crippen LogP contribution in [0.25, 0.3) is 0 Å². The first-order chi connectivity index (χ1) is 9.12. The Bertz CT molecular complexity index is 390. The van der Waals surface area contributed by atoms with Crippen LogP contribution in [0.3, 0.4) is 0 Å². The van der Waals surface area contributed by atoms with E-state index in [1.807, 2.05) is 38.1 Å². The minimum atomic E-state index is -0.347. The fourth-order valence-electron chi connectivity index (χ4n) is 1.65. The van der Waals surface area contributed by atoms with Crippen LogP contribution >= 0.6 is 11.8 Å². The van der Waals surface area contributed by atoms with Crippen LogP contribution in [-0.2, 0) is 14.3 Å². The highest BCUT2D eigenvalue weighted by atomic mass is 32.2. The molecule has 1 aromatic rings. The van der Waals surface area contributed by atoms with Gasteiger partial charge in [-0.2, -0.15) is 0 Å². The number of hydrogen-bond donors (Lipinski definition) is 1. The van der Waals surface area contributed by atoms with Gasteiger partial charge >= 0.3 is 0 Å². The zero-order valence-electron chi connectivity index (χ0n) is 11.8. The Morgan fingerprint density at radius 3 is 2.32 bits per heavy atom. The van der Waals surface area contributed by atoms with Gasteiger partial charge in [0.25, 0.3) is 0 Å². The molecular weight excluding hydrogens is 262 g/mol. The summed E-state index contributed by atoms with van der Waals surface area (Å²) in [5, 5.41) is 2.71. The number of carbonyl (C=O) groups excluding carboxylic acids is 1. The Morgan fingerprint density at radius 1 is 1.26 bits per heavy atom. The molecule has 1 N–H and O–H groups in total. The summed E-state index contributed by atoms with van der Waals surface area (Å²) in [4.78, 5) is 12.7. The molecule has 1 amide bonds. The SMILES string of the molecule is CCNC(=O)C(C)Sc1ccc(C(OC)OC)cc1. The molecule has 5 heteroatoms. The molecule has 0 aliphatic carbocycles. The molecule has 1 aromatic carbocycles. The Labute approximate surface area is 118 Å². The van der Waals surface area contributed by atoms with E-state index in [1.165, 1.54) is 11.8 Å². The number of thioether (sulfide) groups is 1. The number of rotatable bonds is 7. The van der Waals surface area contributed by atoms with Crippen molar-refractivity contribution >= 4 is 17.7 Å². The van der Waals surface area contributed by atoms with Gasteiger partial charge in [0.1, 0.15) is 0 Å². The lowest BCUT2D eigenvalue weighted by Gasteiger charge is -2.15. The van der Waals surface area contributed by atoms with Crippen LogP contribution in [-0.4, -0.2) is 31.9 Å². The Morgan fingerprint density at radius 2 is 1.84 bits per heavy atom. The third kappa shape index (κ3) is 4.86. The highest BCUT2D eigenvalue weighted by Gasteiger charge is 2.14. The highest BCUT2D eigenvalue weighted by Crippen LogP contribution is 2.26. The maximum absolute atomic E-state index is 11.6. The standard InChI is InChI=1S/C14H21NO3S/c1-5-15-13(16)10(2)19-12-8-6-11(7-9-12)14(17-3)18-4/h6-10,14H,5H2,1-4H3,(H,15,16). The van der Waals surface area contributed by atoms with Gasteiger partial charge in [-0.25, -0.2) is 0 Å². The van der Waals surface area contributed by atoms with Crippen molar-refractivity contribution < 1.29 is 14.3 Å². The number of methoxy groups -OCH3 is 2. The molecule has 1 rings (SSSR count). The first-order valence-electron chi connectivity index (χ1n) is 6.22. The quantitative estimate of drug-likeness (QED) is 0.617. The van der Waals surface area contributed by atoms with Gasteiger partial charge < -0.3 is 14.8 Å². The molecule has 0 saturated carbocycles. The molecule has 0 radical (unpaired) electrons. The van der Waals surface area contributed by atoms with Gasteiger partial charge in [-0.3, -0.25) is 4.79 Å². The zero-order chi connectivity index (χ0) is 14.3. The maximum Gasteiger partial charge on any atom is 0.233 e. The molecule has 0 fully saturated rings. The lowest BCUT2D eigenvalue weighted by molar-refractivity contribution is -0.120. The maximum atomic E-state index is 11.6. The van der Waals surface area contributed by atoms with Crippen LogP contribution in [0.5, 0.6) is 0 Å². The normalized spacial score (nSPS) is 12.5. The van der Waals surface area contributed by atoms with Crippen molar-refractivity contribution in [2.45, 2.75) is 30.3 Å². The smallest absolute Gasteiger partial charge is 0.233 e. The van der Waals surface area contributed by atoms with E-state index in [2.05, 4.69) is 5.32 Å². The van der Waals surface area contributed by atoms with Gasteiger partial charge in [0.05, 0.1) is 5.25 Å². The molecule has 0 bridgehead atoms. The second-order valence-electron chi connectivity index (χ2n) is 4.03. The molecule has 4 nitrogen and oxygen atoms in total. The van der Waals surface area contributed by atoms with E-state index < -0.39 is 0 Å². The van der Waals surface area contributed by atoms with Gasteiger partial charge in [0.15, 0.2) is 6.29 Å². The van der Waals surface area contributed by atoms with Crippen molar-refractivity contribution in [1.82, 2.24) is 5.32 Å². The van der Waals surface area contributed by atoms with Crippen molar-refractivity contribution in [3.8, 4) is 0 Å². The summed E-state index contributed by atoms with van der Waals surface area (Å²) in [7, 11) is 3.21. The third-order valence-electron chi connectivity index (χ3n) is 2.61. The molecule has 0 spiro atoms. The number of carbonyl (C=O) groups is 1. The fraction of sp³-hybridized carbons (Fsp3) is 0.500. The van der Waals surface area contributed by atoms with Crippen molar-refractivity contribution in [3.63, 3.8) is 0 Å². The van der Waals surface area contributed by atoms with Crippen molar-refractivity contribution in [2.75, 3.05) is 20.8 Å². The van der Waals surface area contributed by atoms with E-state index in [4.69, 9.17) is 9.47 Å². The van der Waals surface area contributed by atoms with Gasteiger partial charge in [-0.05, 0) is 26.0 Å². The number of hydrogen-bond acceptors (Lipinski definition) is 4. The lowest BCUT2D eigenvalue weighted by atomic mass is 10.2. The second-order valence-corrected chi connectivity index (χ2v) is 5.44. The van der Waals surface area contributed by atoms with E-state index in [0.29, 0.717) is 6.54 Å². The lowest BCUT2D eigenvalue weighted by Crippen LogP contribution is -2.30. The Hall–Kier alpha value is -1.04. The van der Waals surface area contributed by atoms with E-state index in [0.717, 1.165) is 10.5 Å². The number of ether oxygens (including phenoxy) is 2. The summed E-state index contributed by atoms with van der Waals surface area (Å²) in [6.45, 7) is 4.47. The van der Waals surface area contributed by atoms with Crippen LogP contribution in [0.2, 0.25) is 0 Å². The summed E-state index contributed by atoms with van der Waals surface area (Å²) in [6.07, 6.45) is -0.347. The van der Waals surface area contributed by atoms with Crippen molar-refractivity contribution in [2.24, 2.45) is 0 Å². The second kappa shape index (κ2) is 8.19. The van der Waals surface area contributed by atoms with Crippen LogP contribution in [0.4, 0.5) is 0 Å². The molecule has 0 saturated heterocycles. The molecule has 0 aliphatic rings. The van der Waals surface area contributed by atoms with Crippen LogP contribution in [0.1, 0.15) is 25.7 Å². The largest absolute Gasteiger partial charge is 0.355 e. The molecule has 106 valence electrons. The average molecular weight is 283 g/mol. The topological polar surface area (TPSA) is 47.6 Å². The van der Waals surface area contributed by atoms with Gasteiger partial charge in [-0.15, -0.1) is 11.8 Å². The van der Waals surface area contributed by atoms with Crippen LogP contribution < -0.4 is 5.32 Å². The molecule has 0 heterocycles. The number of benzene rings is 1. The van der Waals surface area contributed by atoms with Crippen LogP contribution in [0, 0.1) is 0 Å². The molecule has 0 aromatic heterocycles. The Kier molecular flexibility index (Phi) is 6.91. The number of nitrogens with one attached hydrogen (secondary N) is 1. The fourth-order valence-corrected chi connectivity index (χ4v) is 2.54. The van der Waals surface area contributed by atoms with E-state index in [-0.39, 0.29) is 17.4 Å². The highest BCUT2D eigenvalue weighted by molar-refractivity contribution is 8.00. The summed E-state index contributed by atoms with van der Waals surface area (Å²) in [5.41, 5.74) is 0.958. The predicted octanol–water partition coefficient (Wildman–Crippen LogP) is 2.59. The molecule has 1 atom stereocenters. The van der Waals surface area contributed by atoms with E-state index in [9.17, 15) is 4.79 Å². The van der Waals surface area contributed by atoms with Crippen LogP contribution in [0.15, 0.2) is 29.2 Å². The summed E-state index contributed by atoms with van der Waals surface area (Å²) >= 11 is 1.53. The predicted molar refractivity (Wildman–Crippen MR) is 77.2 cm³/mol. The minimum absolute atomic E-state index is 0.0586. The van der Waals surface area contributed by atoms with Crippen molar-refractivity contribution in [1.29, 1.82) is 0 Å². The first-order valence-corrected chi connectivity index (χ1v) is 7.10. The summed E-state index contributed by atoms with van der Waals surface area (Å²) in [6, 6.07) is 7.84.